The second kappa shape index (κ2) is 7.66. The zero-order valence-corrected chi connectivity index (χ0v) is 19.3. The largest absolute Gasteiger partial charge is 0.491 e. The summed E-state index contributed by atoms with van der Waals surface area (Å²) >= 11 is 0. The maximum atomic E-state index is 9.63. The normalized spacial score (nSPS) is 31.0. The highest BCUT2D eigenvalue weighted by molar-refractivity contribution is 6.00. The third kappa shape index (κ3) is 3.31. The van der Waals surface area contributed by atoms with E-state index in [-0.39, 0.29) is 11.7 Å². The van der Waals surface area contributed by atoms with Crippen LogP contribution in [0.3, 0.4) is 0 Å². The molecule has 1 aliphatic carbocycles. The van der Waals surface area contributed by atoms with Crippen LogP contribution < -0.4 is 10.5 Å². The van der Waals surface area contributed by atoms with Gasteiger partial charge in [-0.15, -0.1) is 0 Å². The van der Waals surface area contributed by atoms with Crippen LogP contribution >= 0.6 is 0 Å². The number of aliphatic hydroxyl groups excluding tert-OH is 1. The monoisotopic (exact) mass is 461 g/mol. The van der Waals surface area contributed by atoms with Crippen LogP contribution in [0.2, 0.25) is 0 Å². The number of aliphatic hydroxyl groups is 1. The van der Waals surface area contributed by atoms with E-state index in [4.69, 9.17) is 15.2 Å². The molecule has 0 spiro atoms. The molecule has 4 aliphatic rings. The number of β-amino-alcohol motifs (C(OH)–C–C–N with tert-alkyl or cyclic N) is 1. The van der Waals surface area contributed by atoms with Crippen LogP contribution in [-0.2, 0) is 4.74 Å². The summed E-state index contributed by atoms with van der Waals surface area (Å²) in [6, 6.07) is 9.15. The molecule has 3 aromatic rings. The van der Waals surface area contributed by atoms with E-state index in [1.807, 2.05) is 12.1 Å². The van der Waals surface area contributed by atoms with Gasteiger partial charge in [-0.25, -0.2) is 9.97 Å². The van der Waals surface area contributed by atoms with Crippen LogP contribution in [0.15, 0.2) is 36.8 Å². The molecule has 2 aromatic heterocycles. The van der Waals surface area contributed by atoms with Crippen molar-refractivity contribution in [1.29, 1.82) is 0 Å². The fraction of sp³-hybridized carbons (Fsp3) is 0.538. The number of aromatic nitrogens is 3. The molecule has 1 aromatic carbocycles. The Kier molecular flexibility index (Phi) is 4.66. The Morgan fingerprint density at radius 2 is 1.97 bits per heavy atom. The van der Waals surface area contributed by atoms with Gasteiger partial charge in [0.25, 0.3) is 0 Å². The van der Waals surface area contributed by atoms with Crippen molar-refractivity contribution in [2.24, 2.45) is 0 Å². The number of nitrogen functional groups attached to an aromatic ring is 1. The van der Waals surface area contributed by atoms with Gasteiger partial charge in [0.1, 0.15) is 35.7 Å². The second-order valence-electron chi connectivity index (χ2n) is 10.6. The van der Waals surface area contributed by atoms with E-state index in [1.54, 1.807) is 6.33 Å². The van der Waals surface area contributed by atoms with Crippen LogP contribution in [0.1, 0.15) is 44.6 Å². The smallest absolute Gasteiger partial charge is 0.146 e. The number of anilines is 1. The van der Waals surface area contributed by atoms with Crippen LogP contribution in [0.4, 0.5) is 5.82 Å². The summed E-state index contributed by atoms with van der Waals surface area (Å²) in [5.74, 6) is 1.35. The Balaban J connectivity index is 1.16. The van der Waals surface area contributed by atoms with E-state index < -0.39 is 0 Å². The minimum absolute atomic E-state index is 0.0950. The number of benzene rings is 1. The first kappa shape index (κ1) is 20.7. The first-order chi connectivity index (χ1) is 16.6. The van der Waals surface area contributed by atoms with Crippen LogP contribution in [0.5, 0.6) is 5.75 Å². The predicted octanol–water partition coefficient (Wildman–Crippen LogP) is 3.15. The van der Waals surface area contributed by atoms with Gasteiger partial charge in [0, 0.05) is 36.9 Å². The van der Waals surface area contributed by atoms with Gasteiger partial charge in [-0.2, -0.15) is 0 Å². The number of likely N-dealkylation sites (tertiary alicyclic amines) is 1. The molecule has 8 heteroatoms. The van der Waals surface area contributed by atoms with Gasteiger partial charge in [-0.05, 0) is 56.2 Å². The molecule has 1 saturated carbocycles. The molecule has 2 bridgehead atoms. The minimum atomic E-state index is -0.157. The van der Waals surface area contributed by atoms with E-state index in [9.17, 15) is 5.11 Å². The summed E-state index contributed by atoms with van der Waals surface area (Å²) in [5.41, 5.74) is 9.24. The van der Waals surface area contributed by atoms with Crippen molar-refractivity contribution in [2.45, 2.75) is 68.4 Å². The van der Waals surface area contributed by atoms with Gasteiger partial charge in [-0.1, -0.05) is 12.1 Å². The Labute approximate surface area is 198 Å². The third-order valence-electron chi connectivity index (χ3n) is 8.43. The topological polar surface area (TPSA) is 98.7 Å². The molecule has 8 nitrogen and oxygen atoms in total. The summed E-state index contributed by atoms with van der Waals surface area (Å²) in [4.78, 5) is 11.3. The van der Waals surface area contributed by atoms with E-state index >= 15 is 0 Å². The lowest BCUT2D eigenvalue weighted by Crippen LogP contribution is -2.58. The number of hydrogen-bond acceptors (Lipinski definition) is 7. The Bertz CT molecular complexity index is 1220. The third-order valence-corrected chi connectivity index (χ3v) is 8.43. The van der Waals surface area contributed by atoms with Crippen molar-refractivity contribution < 1.29 is 14.6 Å². The average Bonchev–Trinajstić information content (AvgIpc) is 3.50. The van der Waals surface area contributed by atoms with Crippen molar-refractivity contribution in [3.8, 4) is 16.9 Å². The number of nitrogens with two attached hydrogens (primary N) is 1. The van der Waals surface area contributed by atoms with Gasteiger partial charge in [-0.3, -0.25) is 4.90 Å². The van der Waals surface area contributed by atoms with Crippen molar-refractivity contribution in [2.75, 3.05) is 25.4 Å². The highest BCUT2D eigenvalue weighted by atomic mass is 16.6. The maximum Gasteiger partial charge on any atom is 0.146 e. The molecule has 3 aliphatic heterocycles. The van der Waals surface area contributed by atoms with Gasteiger partial charge in [0.15, 0.2) is 0 Å². The Morgan fingerprint density at radius 3 is 2.71 bits per heavy atom. The second-order valence-corrected chi connectivity index (χ2v) is 10.6. The van der Waals surface area contributed by atoms with E-state index in [0.29, 0.717) is 30.6 Å². The van der Waals surface area contributed by atoms with Gasteiger partial charge in [0.05, 0.1) is 17.6 Å². The molecule has 3 saturated heterocycles. The molecular weight excluding hydrogens is 430 g/mol. The van der Waals surface area contributed by atoms with Crippen LogP contribution in [0.25, 0.3) is 22.2 Å². The first-order valence-corrected chi connectivity index (χ1v) is 12.5. The lowest BCUT2D eigenvalue weighted by Gasteiger charge is -2.49. The predicted molar refractivity (Wildman–Crippen MR) is 129 cm³/mol. The summed E-state index contributed by atoms with van der Waals surface area (Å²) in [6.07, 6.45) is 10.6. The fourth-order valence-corrected chi connectivity index (χ4v) is 6.33. The molecule has 34 heavy (non-hydrogen) atoms. The minimum Gasteiger partial charge on any atom is -0.491 e. The molecular formula is C26H31N5O3. The molecule has 3 N–H and O–H groups in total. The number of nitrogens with zero attached hydrogens (tertiary/aromatic N) is 4. The molecule has 0 atom stereocenters. The van der Waals surface area contributed by atoms with E-state index in [2.05, 4.69) is 37.8 Å². The zero-order valence-electron chi connectivity index (χ0n) is 19.3. The van der Waals surface area contributed by atoms with Crippen molar-refractivity contribution in [3.05, 3.63) is 36.8 Å². The fourth-order valence-electron chi connectivity index (χ4n) is 6.33. The van der Waals surface area contributed by atoms with Crippen molar-refractivity contribution in [1.82, 2.24) is 19.4 Å². The number of hydrogen-bond donors (Lipinski definition) is 2. The molecule has 0 unspecified atom stereocenters. The number of rotatable bonds is 6. The first-order valence-electron chi connectivity index (χ1n) is 12.5. The van der Waals surface area contributed by atoms with Gasteiger partial charge < -0.3 is 24.9 Å². The van der Waals surface area contributed by atoms with Crippen LogP contribution in [0, 0.1) is 0 Å². The molecule has 0 radical (unpaired) electrons. The number of fused-ring (bicyclic) bond motifs is 3. The van der Waals surface area contributed by atoms with Crippen LogP contribution in [-0.4, -0.2) is 68.1 Å². The standard InChI is InChI=1S/C26H31N5O3/c27-24-23-22(16-2-1-3-21(8-16)33-14-26-6-4-20(34-26)5-7-26)13-31(25(23)29-15-28-24)18-9-17(10-18)30-11-19(32)12-30/h1-3,8,13,15,17-20,32H,4-7,9-12,14H2,(H2,27,28,29)/t17-,18+,20?,26?. The van der Waals surface area contributed by atoms with Gasteiger partial charge >= 0.3 is 0 Å². The molecule has 7 rings (SSSR count). The van der Waals surface area contributed by atoms with E-state index in [0.717, 1.165) is 79.5 Å². The zero-order chi connectivity index (χ0) is 22.9. The average molecular weight is 462 g/mol. The maximum absolute atomic E-state index is 9.63. The lowest BCUT2D eigenvalue weighted by molar-refractivity contribution is -0.0559. The Hall–Kier alpha value is -2.68. The van der Waals surface area contributed by atoms with Crippen molar-refractivity contribution >= 4 is 16.9 Å². The SMILES string of the molecule is Nc1ncnc2c1c(-c1cccc(OCC34CCC(CC3)O4)c1)cn2[C@H]1C[C@@H](N2CC(O)C2)C1. The summed E-state index contributed by atoms with van der Waals surface area (Å²) in [7, 11) is 0. The summed E-state index contributed by atoms with van der Waals surface area (Å²) < 4.78 is 14.7. The Morgan fingerprint density at radius 1 is 1.15 bits per heavy atom. The highest BCUT2D eigenvalue weighted by Gasteiger charge is 2.46. The summed E-state index contributed by atoms with van der Waals surface area (Å²) in [6.45, 7) is 2.20. The highest BCUT2D eigenvalue weighted by Crippen LogP contribution is 2.45. The molecule has 4 fully saturated rings. The van der Waals surface area contributed by atoms with Crippen molar-refractivity contribution in [3.63, 3.8) is 0 Å². The number of ether oxygens (including phenoxy) is 2. The van der Waals surface area contributed by atoms with E-state index in [1.165, 1.54) is 0 Å². The quantitative estimate of drug-likeness (QED) is 0.582. The molecule has 0 amide bonds. The lowest BCUT2D eigenvalue weighted by atomic mass is 9.83. The molecule has 5 heterocycles. The summed E-state index contributed by atoms with van der Waals surface area (Å²) in [5, 5.41) is 10.5. The molecule has 178 valence electrons. The van der Waals surface area contributed by atoms with Gasteiger partial charge in [0.2, 0.25) is 0 Å².